The summed E-state index contributed by atoms with van der Waals surface area (Å²) in [6.07, 6.45) is 4.67. The molecule has 0 saturated carbocycles. The number of nitrogens with zero attached hydrogens (tertiary/aromatic N) is 1. The molecule has 0 fully saturated rings. The number of rotatable bonds is 6. The lowest BCUT2D eigenvalue weighted by atomic mass is 10.0. The van der Waals surface area contributed by atoms with E-state index in [1.807, 2.05) is 24.5 Å². The van der Waals surface area contributed by atoms with Crippen molar-refractivity contribution in [1.29, 1.82) is 0 Å². The van der Waals surface area contributed by atoms with Crippen LogP contribution in [0.5, 0.6) is 5.75 Å². The van der Waals surface area contributed by atoms with Crippen molar-refractivity contribution in [3.8, 4) is 5.75 Å². The molecule has 1 unspecified atom stereocenters. The van der Waals surface area contributed by atoms with E-state index < -0.39 is 0 Å². The Morgan fingerprint density at radius 3 is 2.30 bits per heavy atom. The molecule has 106 valence electrons. The summed E-state index contributed by atoms with van der Waals surface area (Å²) < 4.78 is 5.18. The fourth-order valence-electron chi connectivity index (χ4n) is 2.35. The normalized spacial score (nSPS) is 13.8. The Morgan fingerprint density at radius 1 is 1.05 bits per heavy atom. The van der Waals surface area contributed by atoms with Gasteiger partial charge in [0.2, 0.25) is 0 Å². The Bertz CT molecular complexity index is 510. The quantitative estimate of drug-likeness (QED) is 0.874. The highest BCUT2D eigenvalue weighted by molar-refractivity contribution is 5.27. The van der Waals surface area contributed by atoms with Crippen molar-refractivity contribution in [2.45, 2.75) is 32.4 Å². The maximum atomic E-state index is 5.18. The molecule has 3 nitrogen and oxygen atoms in total. The summed E-state index contributed by atoms with van der Waals surface area (Å²) in [7, 11) is 1.69. The minimum Gasteiger partial charge on any atom is -0.497 e. The van der Waals surface area contributed by atoms with Crippen LogP contribution >= 0.6 is 0 Å². The van der Waals surface area contributed by atoms with Crippen LogP contribution in [0.1, 0.15) is 31.0 Å². The molecule has 0 saturated heterocycles. The summed E-state index contributed by atoms with van der Waals surface area (Å²) >= 11 is 0. The van der Waals surface area contributed by atoms with Crippen LogP contribution in [0.25, 0.3) is 0 Å². The summed E-state index contributed by atoms with van der Waals surface area (Å²) in [5.41, 5.74) is 2.58. The van der Waals surface area contributed by atoms with E-state index in [1.54, 1.807) is 7.11 Å². The van der Waals surface area contributed by atoms with Crippen molar-refractivity contribution in [3.63, 3.8) is 0 Å². The van der Waals surface area contributed by atoms with Crippen LogP contribution < -0.4 is 10.1 Å². The Labute approximate surface area is 121 Å². The van der Waals surface area contributed by atoms with Gasteiger partial charge < -0.3 is 10.1 Å². The molecule has 3 heteroatoms. The zero-order valence-corrected chi connectivity index (χ0v) is 12.3. The van der Waals surface area contributed by atoms with Crippen molar-refractivity contribution >= 4 is 0 Å². The fourth-order valence-corrected chi connectivity index (χ4v) is 2.35. The molecule has 2 aromatic rings. The van der Waals surface area contributed by atoms with E-state index in [4.69, 9.17) is 4.74 Å². The van der Waals surface area contributed by atoms with Crippen molar-refractivity contribution in [1.82, 2.24) is 10.3 Å². The first-order valence-corrected chi connectivity index (χ1v) is 6.98. The number of pyridine rings is 1. The van der Waals surface area contributed by atoms with Gasteiger partial charge in [-0.05, 0) is 55.7 Å². The van der Waals surface area contributed by atoms with Crippen molar-refractivity contribution in [3.05, 3.63) is 59.9 Å². The molecule has 0 aliphatic carbocycles. The number of nitrogens with one attached hydrogen (secondary N) is 1. The predicted molar refractivity (Wildman–Crippen MR) is 81.9 cm³/mol. The topological polar surface area (TPSA) is 34.1 Å². The summed E-state index contributed by atoms with van der Waals surface area (Å²) in [6, 6.07) is 13.1. The van der Waals surface area contributed by atoms with Gasteiger partial charge in [0.05, 0.1) is 7.11 Å². The van der Waals surface area contributed by atoms with Gasteiger partial charge >= 0.3 is 0 Å². The van der Waals surface area contributed by atoms with E-state index in [9.17, 15) is 0 Å². The molecule has 0 aliphatic heterocycles. The molecule has 1 aromatic carbocycles. The maximum Gasteiger partial charge on any atom is 0.118 e. The highest BCUT2D eigenvalue weighted by Crippen LogP contribution is 2.15. The molecule has 0 spiro atoms. The first-order chi connectivity index (χ1) is 9.69. The SMILES string of the molecule is COc1ccc(CC(C)N[C@@H](C)c2ccncc2)cc1. The van der Waals surface area contributed by atoms with E-state index in [-0.39, 0.29) is 0 Å². The van der Waals surface area contributed by atoms with E-state index in [0.717, 1.165) is 12.2 Å². The first-order valence-electron chi connectivity index (χ1n) is 6.98. The van der Waals surface area contributed by atoms with Crippen molar-refractivity contribution in [2.75, 3.05) is 7.11 Å². The third-order valence-corrected chi connectivity index (χ3v) is 3.44. The van der Waals surface area contributed by atoms with Crippen LogP contribution in [0, 0.1) is 0 Å². The standard InChI is InChI=1S/C17H22N2O/c1-13(12-15-4-6-17(20-3)7-5-15)19-14(2)16-8-10-18-11-9-16/h4-11,13-14,19H,12H2,1-3H3/t13?,14-/m0/s1. The highest BCUT2D eigenvalue weighted by atomic mass is 16.5. The number of hydrogen-bond donors (Lipinski definition) is 1. The van der Waals surface area contributed by atoms with Crippen molar-refractivity contribution in [2.24, 2.45) is 0 Å². The van der Waals surface area contributed by atoms with E-state index in [2.05, 4.69) is 48.4 Å². The van der Waals surface area contributed by atoms with E-state index in [1.165, 1.54) is 11.1 Å². The second-order valence-electron chi connectivity index (χ2n) is 5.12. The second kappa shape index (κ2) is 7.06. The molecule has 0 bridgehead atoms. The van der Waals surface area contributed by atoms with Crippen LogP contribution in [0.2, 0.25) is 0 Å². The van der Waals surface area contributed by atoms with Crippen LogP contribution in [-0.4, -0.2) is 18.1 Å². The smallest absolute Gasteiger partial charge is 0.118 e. The van der Waals surface area contributed by atoms with Crippen LogP contribution in [0.15, 0.2) is 48.8 Å². The average Bonchev–Trinajstić information content (AvgIpc) is 2.49. The number of methoxy groups -OCH3 is 1. The van der Waals surface area contributed by atoms with E-state index >= 15 is 0 Å². The minimum absolute atomic E-state index is 0.325. The molecule has 0 aliphatic rings. The number of aromatic nitrogens is 1. The van der Waals surface area contributed by atoms with Gasteiger partial charge in [-0.2, -0.15) is 0 Å². The molecule has 2 rings (SSSR count). The molecule has 0 radical (unpaired) electrons. The van der Waals surface area contributed by atoms with Gasteiger partial charge in [-0.1, -0.05) is 12.1 Å². The fraction of sp³-hybridized carbons (Fsp3) is 0.353. The highest BCUT2D eigenvalue weighted by Gasteiger charge is 2.09. The minimum atomic E-state index is 0.325. The zero-order chi connectivity index (χ0) is 14.4. The summed E-state index contributed by atoms with van der Waals surface area (Å²) in [5.74, 6) is 0.902. The molecule has 2 atom stereocenters. The molecule has 1 heterocycles. The summed E-state index contributed by atoms with van der Waals surface area (Å²) in [5, 5.41) is 3.61. The third kappa shape index (κ3) is 4.07. The Balaban J connectivity index is 1.90. The molecule has 1 aromatic heterocycles. The Morgan fingerprint density at radius 2 is 1.70 bits per heavy atom. The van der Waals surface area contributed by atoms with Gasteiger partial charge in [0, 0.05) is 24.5 Å². The summed E-state index contributed by atoms with van der Waals surface area (Å²) in [6.45, 7) is 4.39. The number of hydrogen-bond acceptors (Lipinski definition) is 3. The molecule has 20 heavy (non-hydrogen) atoms. The Hall–Kier alpha value is -1.87. The van der Waals surface area contributed by atoms with Crippen LogP contribution in [0.4, 0.5) is 0 Å². The van der Waals surface area contributed by atoms with Gasteiger partial charge in [0.1, 0.15) is 5.75 Å². The molecule has 0 amide bonds. The van der Waals surface area contributed by atoms with Gasteiger partial charge in [-0.25, -0.2) is 0 Å². The third-order valence-electron chi connectivity index (χ3n) is 3.44. The van der Waals surface area contributed by atoms with E-state index in [0.29, 0.717) is 12.1 Å². The lowest BCUT2D eigenvalue weighted by Gasteiger charge is -2.20. The zero-order valence-electron chi connectivity index (χ0n) is 12.3. The summed E-state index contributed by atoms with van der Waals surface area (Å²) in [4.78, 5) is 4.05. The van der Waals surface area contributed by atoms with Gasteiger partial charge in [-0.15, -0.1) is 0 Å². The monoisotopic (exact) mass is 270 g/mol. The largest absolute Gasteiger partial charge is 0.497 e. The first kappa shape index (κ1) is 14.5. The van der Waals surface area contributed by atoms with Gasteiger partial charge in [0.15, 0.2) is 0 Å². The lowest BCUT2D eigenvalue weighted by Crippen LogP contribution is -2.30. The van der Waals surface area contributed by atoms with Crippen LogP contribution in [0.3, 0.4) is 0 Å². The Kier molecular flexibility index (Phi) is 5.13. The predicted octanol–water partition coefficient (Wildman–Crippen LogP) is 3.37. The van der Waals surface area contributed by atoms with Gasteiger partial charge in [0.25, 0.3) is 0 Å². The number of benzene rings is 1. The molecular weight excluding hydrogens is 248 g/mol. The molecule has 1 N–H and O–H groups in total. The van der Waals surface area contributed by atoms with Crippen LogP contribution in [-0.2, 0) is 6.42 Å². The van der Waals surface area contributed by atoms with Crippen molar-refractivity contribution < 1.29 is 4.74 Å². The van der Waals surface area contributed by atoms with Gasteiger partial charge in [-0.3, -0.25) is 4.98 Å². The maximum absolute atomic E-state index is 5.18. The molecular formula is C17H22N2O. The lowest BCUT2D eigenvalue weighted by molar-refractivity contribution is 0.414. The number of ether oxygens (including phenoxy) is 1. The second-order valence-corrected chi connectivity index (χ2v) is 5.12. The average molecular weight is 270 g/mol.